The molecule has 1 rings (SSSR count). The number of halogens is 3. The van der Waals surface area contributed by atoms with Crippen LogP contribution < -0.4 is 11.1 Å². The van der Waals surface area contributed by atoms with Crippen molar-refractivity contribution in [3.8, 4) is 0 Å². The van der Waals surface area contributed by atoms with Crippen LogP contribution >= 0.6 is 0 Å². The Morgan fingerprint density at radius 2 is 2.00 bits per heavy atom. The molecule has 2 atom stereocenters. The molecule has 0 bridgehead atoms. The van der Waals surface area contributed by atoms with Gasteiger partial charge in [-0.15, -0.1) is 0 Å². The van der Waals surface area contributed by atoms with Gasteiger partial charge in [-0.25, -0.2) is 0 Å². The van der Waals surface area contributed by atoms with Crippen molar-refractivity contribution < 1.29 is 13.2 Å². The Kier molecular flexibility index (Phi) is 5.16. The first-order chi connectivity index (χ1) is 8.38. The first-order valence-corrected chi connectivity index (χ1v) is 6.01. The fourth-order valence-corrected chi connectivity index (χ4v) is 1.69. The van der Waals surface area contributed by atoms with Gasteiger partial charge in [0.2, 0.25) is 0 Å². The van der Waals surface area contributed by atoms with Crippen LogP contribution in [0.3, 0.4) is 0 Å². The maximum atomic E-state index is 12.6. The highest BCUT2D eigenvalue weighted by molar-refractivity contribution is 5.28. The van der Waals surface area contributed by atoms with Crippen LogP contribution in [-0.2, 0) is 6.18 Å². The van der Waals surface area contributed by atoms with Crippen molar-refractivity contribution in [3.63, 3.8) is 0 Å². The van der Waals surface area contributed by atoms with E-state index in [1.54, 1.807) is 6.07 Å². The summed E-state index contributed by atoms with van der Waals surface area (Å²) in [5.41, 5.74) is 5.56. The molecule has 1 aromatic rings. The SMILES string of the molecule is CCC(C)NC(CN)c1cccc(C(F)(F)F)c1. The van der Waals surface area contributed by atoms with E-state index >= 15 is 0 Å². The maximum Gasteiger partial charge on any atom is 0.416 e. The van der Waals surface area contributed by atoms with Gasteiger partial charge in [-0.3, -0.25) is 0 Å². The zero-order valence-electron chi connectivity index (χ0n) is 10.6. The first kappa shape index (κ1) is 15.0. The lowest BCUT2D eigenvalue weighted by Crippen LogP contribution is -2.34. The number of hydrogen-bond donors (Lipinski definition) is 2. The molecule has 0 saturated heterocycles. The fraction of sp³-hybridized carbons (Fsp3) is 0.538. The molecule has 2 unspecified atom stereocenters. The average Bonchev–Trinajstić information content (AvgIpc) is 2.34. The Morgan fingerprint density at radius 1 is 1.33 bits per heavy atom. The van der Waals surface area contributed by atoms with E-state index in [0.717, 1.165) is 18.6 Å². The van der Waals surface area contributed by atoms with Crippen molar-refractivity contribution in [1.82, 2.24) is 5.32 Å². The fourth-order valence-electron chi connectivity index (χ4n) is 1.69. The number of hydrogen-bond acceptors (Lipinski definition) is 2. The standard InChI is InChI=1S/C13H19F3N2/c1-3-9(2)18-12(8-17)10-5-4-6-11(7-10)13(14,15)16/h4-7,9,12,18H,3,8,17H2,1-2H3. The van der Waals surface area contributed by atoms with E-state index in [4.69, 9.17) is 5.73 Å². The highest BCUT2D eigenvalue weighted by Gasteiger charge is 2.30. The van der Waals surface area contributed by atoms with Crippen molar-refractivity contribution in [2.24, 2.45) is 5.73 Å². The Bertz CT molecular complexity index is 377. The summed E-state index contributed by atoms with van der Waals surface area (Å²) >= 11 is 0. The van der Waals surface area contributed by atoms with Crippen LogP contribution in [0.25, 0.3) is 0 Å². The highest BCUT2D eigenvalue weighted by Crippen LogP contribution is 2.30. The van der Waals surface area contributed by atoms with Gasteiger partial charge in [0.05, 0.1) is 5.56 Å². The second kappa shape index (κ2) is 6.20. The molecule has 0 radical (unpaired) electrons. The molecular weight excluding hydrogens is 241 g/mol. The van der Waals surface area contributed by atoms with Gasteiger partial charge >= 0.3 is 6.18 Å². The summed E-state index contributed by atoms with van der Waals surface area (Å²) in [5.74, 6) is 0. The Morgan fingerprint density at radius 3 is 2.50 bits per heavy atom. The molecule has 5 heteroatoms. The summed E-state index contributed by atoms with van der Waals surface area (Å²) in [5, 5.41) is 3.22. The minimum atomic E-state index is -4.31. The summed E-state index contributed by atoms with van der Waals surface area (Å²) in [7, 11) is 0. The minimum Gasteiger partial charge on any atom is -0.329 e. The van der Waals surface area contributed by atoms with E-state index in [0.29, 0.717) is 5.56 Å². The molecule has 18 heavy (non-hydrogen) atoms. The normalized spacial score (nSPS) is 15.4. The zero-order valence-corrected chi connectivity index (χ0v) is 10.6. The summed E-state index contributed by atoms with van der Waals surface area (Å²) in [6.07, 6.45) is -3.42. The molecule has 2 nitrogen and oxygen atoms in total. The second-order valence-corrected chi connectivity index (χ2v) is 4.39. The van der Waals surface area contributed by atoms with Crippen molar-refractivity contribution in [1.29, 1.82) is 0 Å². The monoisotopic (exact) mass is 260 g/mol. The van der Waals surface area contributed by atoms with Crippen LogP contribution in [0, 0.1) is 0 Å². The third-order valence-corrected chi connectivity index (χ3v) is 2.95. The number of benzene rings is 1. The van der Waals surface area contributed by atoms with E-state index in [1.165, 1.54) is 6.07 Å². The Hall–Kier alpha value is -1.07. The molecule has 0 fully saturated rings. The molecule has 0 amide bonds. The van der Waals surface area contributed by atoms with Crippen LogP contribution in [0.15, 0.2) is 24.3 Å². The van der Waals surface area contributed by atoms with E-state index in [1.807, 2.05) is 13.8 Å². The molecule has 0 aliphatic carbocycles. The largest absolute Gasteiger partial charge is 0.416 e. The third kappa shape index (κ3) is 3.99. The van der Waals surface area contributed by atoms with Crippen LogP contribution in [0.4, 0.5) is 13.2 Å². The van der Waals surface area contributed by atoms with E-state index in [-0.39, 0.29) is 18.6 Å². The van der Waals surface area contributed by atoms with Crippen LogP contribution in [-0.4, -0.2) is 12.6 Å². The third-order valence-electron chi connectivity index (χ3n) is 2.95. The molecule has 0 spiro atoms. The van der Waals surface area contributed by atoms with Crippen molar-refractivity contribution in [3.05, 3.63) is 35.4 Å². The van der Waals surface area contributed by atoms with Crippen molar-refractivity contribution >= 4 is 0 Å². The molecule has 0 heterocycles. The topological polar surface area (TPSA) is 38.0 Å². The quantitative estimate of drug-likeness (QED) is 0.853. The molecule has 0 aromatic heterocycles. The summed E-state index contributed by atoms with van der Waals surface area (Å²) < 4.78 is 37.8. The number of alkyl halides is 3. The average molecular weight is 260 g/mol. The van der Waals surface area contributed by atoms with E-state index in [2.05, 4.69) is 5.32 Å². The molecular formula is C13H19F3N2. The molecule has 0 aliphatic rings. The molecule has 102 valence electrons. The van der Waals surface area contributed by atoms with Gasteiger partial charge in [-0.1, -0.05) is 19.1 Å². The van der Waals surface area contributed by atoms with Crippen molar-refractivity contribution in [2.75, 3.05) is 6.54 Å². The number of nitrogens with one attached hydrogen (secondary N) is 1. The molecule has 0 aliphatic heterocycles. The smallest absolute Gasteiger partial charge is 0.329 e. The summed E-state index contributed by atoms with van der Waals surface area (Å²) in [4.78, 5) is 0. The predicted molar refractivity (Wildman–Crippen MR) is 66.1 cm³/mol. The number of nitrogens with two attached hydrogens (primary N) is 1. The minimum absolute atomic E-state index is 0.216. The van der Waals surface area contributed by atoms with Gasteiger partial charge < -0.3 is 11.1 Å². The van der Waals surface area contributed by atoms with Gasteiger partial charge in [-0.05, 0) is 31.0 Å². The van der Waals surface area contributed by atoms with E-state index < -0.39 is 11.7 Å². The zero-order chi connectivity index (χ0) is 13.8. The highest BCUT2D eigenvalue weighted by atomic mass is 19.4. The van der Waals surface area contributed by atoms with Crippen LogP contribution in [0.1, 0.15) is 37.4 Å². The Balaban J connectivity index is 2.93. The predicted octanol–water partition coefficient (Wildman–Crippen LogP) is 3.09. The lowest BCUT2D eigenvalue weighted by atomic mass is 10.0. The lowest BCUT2D eigenvalue weighted by molar-refractivity contribution is -0.137. The van der Waals surface area contributed by atoms with Gasteiger partial charge in [0.1, 0.15) is 0 Å². The van der Waals surface area contributed by atoms with Crippen molar-refractivity contribution in [2.45, 2.75) is 38.5 Å². The Labute approximate surface area is 105 Å². The summed E-state index contributed by atoms with van der Waals surface area (Å²) in [6.45, 7) is 4.26. The lowest BCUT2D eigenvalue weighted by Gasteiger charge is -2.22. The molecule has 1 aromatic carbocycles. The van der Waals surface area contributed by atoms with Gasteiger partial charge in [0.15, 0.2) is 0 Å². The van der Waals surface area contributed by atoms with Gasteiger partial charge in [0, 0.05) is 18.6 Å². The molecule has 3 N–H and O–H groups in total. The van der Waals surface area contributed by atoms with E-state index in [9.17, 15) is 13.2 Å². The first-order valence-electron chi connectivity index (χ1n) is 6.01. The van der Waals surface area contributed by atoms with Gasteiger partial charge in [-0.2, -0.15) is 13.2 Å². The second-order valence-electron chi connectivity index (χ2n) is 4.39. The molecule has 0 saturated carbocycles. The van der Waals surface area contributed by atoms with Crippen LogP contribution in [0.5, 0.6) is 0 Å². The summed E-state index contributed by atoms with van der Waals surface area (Å²) in [6, 6.07) is 5.28. The van der Waals surface area contributed by atoms with Crippen LogP contribution in [0.2, 0.25) is 0 Å². The van der Waals surface area contributed by atoms with Gasteiger partial charge in [0.25, 0.3) is 0 Å². The number of rotatable bonds is 5. The maximum absolute atomic E-state index is 12.6.